The van der Waals surface area contributed by atoms with Crippen LogP contribution in [-0.2, 0) is 6.42 Å². The topological polar surface area (TPSA) is 8.17 Å². The lowest BCUT2D eigenvalue weighted by Gasteiger charge is -2.35. The number of hydrogen-bond donors (Lipinski definition) is 0. The summed E-state index contributed by atoms with van der Waals surface area (Å²) in [6.45, 7) is 0. The van der Waals surface area contributed by atoms with Gasteiger partial charge in [-0.1, -0.05) is 103 Å². The normalized spacial score (nSPS) is 18.6. The fourth-order valence-electron chi connectivity index (χ4n) is 6.59. The Kier molecular flexibility index (Phi) is 5.70. The molecular formula is C39H30N2. The quantitative estimate of drug-likeness (QED) is 0.212. The summed E-state index contributed by atoms with van der Waals surface area (Å²) in [5, 5.41) is 1.30. The van der Waals surface area contributed by atoms with Gasteiger partial charge in [0.05, 0.1) is 11.2 Å². The van der Waals surface area contributed by atoms with E-state index in [1.54, 1.807) is 0 Å². The van der Waals surface area contributed by atoms with E-state index in [0.717, 1.165) is 12.8 Å². The molecule has 5 aromatic rings. The van der Waals surface area contributed by atoms with Gasteiger partial charge in [-0.05, 0) is 71.7 Å². The minimum Gasteiger partial charge on any atom is -0.313 e. The van der Waals surface area contributed by atoms with Gasteiger partial charge in [0.25, 0.3) is 0 Å². The number of hydrogen-bond acceptors (Lipinski definition) is 1. The average molecular weight is 527 g/mol. The lowest BCUT2D eigenvalue weighted by molar-refractivity contribution is 0.980. The standard InChI is InChI=1S/C39H30N2/c1-3-13-30-27-31(16-4-1)40(37-23-9-7-19-34(30)37)32-17-11-14-28(25-32)29-15-12-18-33(26-29)41-38-22-6-2-5-20-35(38)36-21-8-10-24-39(36)41/h2-21,23-27,30H,1,22H2/b13-3-,16-4-. The van der Waals surface area contributed by atoms with Crippen molar-refractivity contribution in [1.82, 2.24) is 4.57 Å². The second kappa shape index (κ2) is 9.83. The van der Waals surface area contributed by atoms with Crippen LogP contribution >= 0.6 is 0 Å². The molecule has 0 saturated carbocycles. The second-order valence-corrected chi connectivity index (χ2v) is 10.9. The number of para-hydroxylation sites is 2. The number of allylic oxidation sites excluding steroid dienone is 8. The Bertz CT molecular complexity index is 1960. The van der Waals surface area contributed by atoms with E-state index in [9.17, 15) is 0 Å². The number of benzene rings is 4. The molecule has 2 bridgehead atoms. The summed E-state index contributed by atoms with van der Waals surface area (Å²) in [5.41, 5.74) is 12.5. The zero-order valence-electron chi connectivity index (χ0n) is 22.8. The van der Waals surface area contributed by atoms with Crippen molar-refractivity contribution in [1.29, 1.82) is 0 Å². The van der Waals surface area contributed by atoms with Crippen LogP contribution in [-0.4, -0.2) is 4.57 Å². The third kappa shape index (κ3) is 4.03. The Morgan fingerprint density at radius 2 is 1.46 bits per heavy atom. The molecule has 0 spiro atoms. The van der Waals surface area contributed by atoms with Gasteiger partial charge in [-0.2, -0.15) is 0 Å². The summed E-state index contributed by atoms with van der Waals surface area (Å²) in [7, 11) is 0. The number of fused-ring (bicyclic) bond motifs is 6. The highest BCUT2D eigenvalue weighted by Crippen LogP contribution is 2.43. The lowest BCUT2D eigenvalue weighted by atomic mass is 9.89. The number of anilines is 2. The Balaban J connectivity index is 1.25. The summed E-state index contributed by atoms with van der Waals surface area (Å²) < 4.78 is 2.44. The van der Waals surface area contributed by atoms with E-state index in [1.165, 1.54) is 61.6 Å². The van der Waals surface area contributed by atoms with E-state index < -0.39 is 0 Å². The van der Waals surface area contributed by atoms with Crippen molar-refractivity contribution in [3.63, 3.8) is 0 Å². The maximum Gasteiger partial charge on any atom is 0.0537 e. The van der Waals surface area contributed by atoms with Crippen molar-refractivity contribution < 1.29 is 0 Å². The molecule has 0 amide bonds. The summed E-state index contributed by atoms with van der Waals surface area (Å²) in [6.07, 6.45) is 22.2. The van der Waals surface area contributed by atoms with Crippen molar-refractivity contribution in [3.8, 4) is 16.8 Å². The van der Waals surface area contributed by atoms with Crippen LogP contribution in [0.3, 0.4) is 0 Å². The second-order valence-electron chi connectivity index (χ2n) is 10.9. The molecule has 0 radical (unpaired) electrons. The largest absolute Gasteiger partial charge is 0.313 e. The molecule has 41 heavy (non-hydrogen) atoms. The molecule has 0 N–H and O–H groups in total. The smallest absolute Gasteiger partial charge is 0.0537 e. The van der Waals surface area contributed by atoms with E-state index in [1.807, 2.05) is 0 Å². The molecule has 2 heterocycles. The van der Waals surface area contributed by atoms with Gasteiger partial charge >= 0.3 is 0 Å². The molecule has 2 nitrogen and oxygen atoms in total. The van der Waals surface area contributed by atoms with E-state index >= 15 is 0 Å². The van der Waals surface area contributed by atoms with E-state index in [0.29, 0.717) is 5.92 Å². The molecule has 1 aromatic heterocycles. The SMILES string of the molecule is C1=CCc2c(c3ccccc3n2-c2cccc(-c3cccc(N4C5=CC(/C=C\C/C=C\5)c5ccccc54)c3)c2)C=C1. The maximum absolute atomic E-state index is 2.44. The van der Waals surface area contributed by atoms with Crippen molar-refractivity contribution >= 4 is 28.4 Å². The zero-order valence-corrected chi connectivity index (χ0v) is 22.8. The molecule has 2 heteroatoms. The molecule has 1 unspecified atom stereocenters. The molecule has 196 valence electrons. The Morgan fingerprint density at radius 1 is 0.659 bits per heavy atom. The number of aromatic nitrogens is 1. The lowest BCUT2D eigenvalue weighted by Crippen LogP contribution is -2.22. The Labute approximate surface area is 241 Å². The van der Waals surface area contributed by atoms with Gasteiger partial charge in [0.15, 0.2) is 0 Å². The first kappa shape index (κ1) is 23.8. The van der Waals surface area contributed by atoms with Crippen LogP contribution in [0.15, 0.2) is 151 Å². The van der Waals surface area contributed by atoms with Crippen LogP contribution in [0.5, 0.6) is 0 Å². The molecule has 4 aromatic carbocycles. The van der Waals surface area contributed by atoms with Crippen LogP contribution < -0.4 is 4.90 Å². The van der Waals surface area contributed by atoms with Gasteiger partial charge in [-0.3, -0.25) is 0 Å². The Morgan fingerprint density at radius 3 is 2.39 bits per heavy atom. The van der Waals surface area contributed by atoms with Gasteiger partial charge in [0, 0.05) is 46.1 Å². The van der Waals surface area contributed by atoms with Gasteiger partial charge in [0.1, 0.15) is 0 Å². The molecule has 0 saturated heterocycles. The highest BCUT2D eigenvalue weighted by molar-refractivity contribution is 5.93. The van der Waals surface area contributed by atoms with Gasteiger partial charge in [-0.25, -0.2) is 0 Å². The highest BCUT2D eigenvalue weighted by Gasteiger charge is 2.25. The number of nitrogens with zero attached hydrogens (tertiary/aromatic N) is 2. The predicted molar refractivity (Wildman–Crippen MR) is 173 cm³/mol. The Hall–Kier alpha value is -5.08. The van der Waals surface area contributed by atoms with Crippen molar-refractivity contribution in [2.45, 2.75) is 18.8 Å². The molecule has 1 atom stereocenters. The van der Waals surface area contributed by atoms with E-state index in [2.05, 4.69) is 161 Å². The highest BCUT2D eigenvalue weighted by atomic mass is 15.2. The van der Waals surface area contributed by atoms with Gasteiger partial charge < -0.3 is 9.47 Å². The maximum atomic E-state index is 2.44. The van der Waals surface area contributed by atoms with E-state index in [4.69, 9.17) is 0 Å². The molecule has 1 aliphatic heterocycles. The fourth-order valence-corrected chi connectivity index (χ4v) is 6.59. The summed E-state index contributed by atoms with van der Waals surface area (Å²) >= 11 is 0. The van der Waals surface area contributed by atoms with Crippen LogP contribution in [0.1, 0.15) is 29.2 Å². The van der Waals surface area contributed by atoms with Crippen molar-refractivity contribution in [3.05, 3.63) is 168 Å². The van der Waals surface area contributed by atoms with E-state index in [-0.39, 0.29) is 0 Å². The summed E-state index contributed by atoms with van der Waals surface area (Å²) in [5.74, 6) is 0.304. The van der Waals surface area contributed by atoms with Gasteiger partial charge in [-0.15, -0.1) is 0 Å². The van der Waals surface area contributed by atoms with Crippen LogP contribution in [0.25, 0.3) is 33.8 Å². The minimum atomic E-state index is 0.304. The van der Waals surface area contributed by atoms with Crippen molar-refractivity contribution in [2.24, 2.45) is 0 Å². The number of rotatable bonds is 3. The predicted octanol–water partition coefficient (Wildman–Crippen LogP) is 10.1. The third-order valence-electron chi connectivity index (χ3n) is 8.43. The zero-order chi connectivity index (χ0) is 27.2. The van der Waals surface area contributed by atoms with Crippen LogP contribution in [0.2, 0.25) is 0 Å². The van der Waals surface area contributed by atoms with Gasteiger partial charge in [0.2, 0.25) is 0 Å². The summed E-state index contributed by atoms with van der Waals surface area (Å²) in [6, 6.07) is 35.5. The molecule has 3 aliphatic rings. The first-order chi connectivity index (χ1) is 20.3. The monoisotopic (exact) mass is 526 g/mol. The fraction of sp³-hybridized carbons (Fsp3) is 0.0769. The molecule has 2 aliphatic carbocycles. The van der Waals surface area contributed by atoms with Crippen LogP contribution in [0.4, 0.5) is 11.4 Å². The molecule has 8 rings (SSSR count). The first-order valence-corrected chi connectivity index (χ1v) is 14.5. The third-order valence-corrected chi connectivity index (χ3v) is 8.43. The summed E-state index contributed by atoms with van der Waals surface area (Å²) in [4.78, 5) is 2.41. The average Bonchev–Trinajstić information content (AvgIpc) is 3.13. The first-order valence-electron chi connectivity index (χ1n) is 14.5. The molecular weight excluding hydrogens is 496 g/mol. The molecule has 0 fully saturated rings. The van der Waals surface area contributed by atoms with Crippen molar-refractivity contribution in [2.75, 3.05) is 4.90 Å². The van der Waals surface area contributed by atoms with Crippen LogP contribution in [0, 0.1) is 0 Å². The minimum absolute atomic E-state index is 0.304.